The molecule has 0 spiro atoms. The Labute approximate surface area is 75.9 Å². The first-order valence-corrected chi connectivity index (χ1v) is 4.63. The highest BCUT2D eigenvalue weighted by Gasteiger charge is 2.28. The summed E-state index contributed by atoms with van der Waals surface area (Å²) in [6.45, 7) is 6.06. The van der Waals surface area contributed by atoms with E-state index in [9.17, 15) is 4.79 Å². The number of unbranched alkanes of at least 4 members (excludes halogenated alkanes) is 1. The van der Waals surface area contributed by atoms with Gasteiger partial charge in [0, 0.05) is 6.42 Å². The van der Waals surface area contributed by atoms with Crippen LogP contribution in [-0.4, -0.2) is 30.3 Å². The molecule has 0 radical (unpaired) electrons. The monoisotopic (exact) mass is 171 g/mol. The van der Waals surface area contributed by atoms with Crippen molar-refractivity contribution in [3.8, 4) is 0 Å². The SMILES string of the molecule is CCCCC(=O)C(C)(C)N(C)C. The van der Waals surface area contributed by atoms with Gasteiger partial charge in [0.25, 0.3) is 0 Å². The number of carbonyl (C=O) groups is 1. The maximum Gasteiger partial charge on any atom is 0.152 e. The van der Waals surface area contributed by atoms with E-state index >= 15 is 0 Å². The van der Waals surface area contributed by atoms with Crippen LogP contribution in [0.4, 0.5) is 0 Å². The van der Waals surface area contributed by atoms with Gasteiger partial charge in [0.05, 0.1) is 5.54 Å². The summed E-state index contributed by atoms with van der Waals surface area (Å²) in [5.41, 5.74) is -0.296. The lowest BCUT2D eigenvalue weighted by atomic mass is 9.94. The van der Waals surface area contributed by atoms with E-state index < -0.39 is 0 Å². The third-order valence-electron chi connectivity index (χ3n) is 2.56. The van der Waals surface area contributed by atoms with E-state index in [-0.39, 0.29) is 5.54 Å². The minimum Gasteiger partial charge on any atom is -0.298 e. The summed E-state index contributed by atoms with van der Waals surface area (Å²) in [7, 11) is 3.90. The van der Waals surface area contributed by atoms with Gasteiger partial charge >= 0.3 is 0 Å². The summed E-state index contributed by atoms with van der Waals surface area (Å²) in [5.74, 6) is 0.342. The minimum atomic E-state index is -0.296. The zero-order chi connectivity index (χ0) is 9.78. The van der Waals surface area contributed by atoms with Crippen LogP contribution < -0.4 is 0 Å². The fourth-order valence-corrected chi connectivity index (χ4v) is 0.893. The standard InChI is InChI=1S/C10H21NO/c1-6-7-8-9(12)10(2,3)11(4)5/h6-8H2,1-5H3. The lowest BCUT2D eigenvalue weighted by Gasteiger charge is -2.30. The van der Waals surface area contributed by atoms with Gasteiger partial charge in [0.1, 0.15) is 0 Å². The number of hydrogen-bond acceptors (Lipinski definition) is 2. The first kappa shape index (κ1) is 11.6. The summed E-state index contributed by atoms with van der Waals surface area (Å²) in [4.78, 5) is 13.6. The lowest BCUT2D eigenvalue weighted by Crippen LogP contribution is -2.45. The van der Waals surface area contributed by atoms with E-state index in [1.165, 1.54) is 0 Å². The summed E-state index contributed by atoms with van der Waals surface area (Å²) in [6, 6.07) is 0. The summed E-state index contributed by atoms with van der Waals surface area (Å²) in [6.07, 6.45) is 2.81. The molecule has 0 N–H and O–H groups in total. The van der Waals surface area contributed by atoms with E-state index in [2.05, 4.69) is 6.92 Å². The molecular formula is C10H21NO. The first-order valence-electron chi connectivity index (χ1n) is 4.63. The van der Waals surface area contributed by atoms with Crippen molar-refractivity contribution in [2.75, 3.05) is 14.1 Å². The predicted molar refractivity (Wildman–Crippen MR) is 52.3 cm³/mol. The molecule has 0 amide bonds. The zero-order valence-electron chi connectivity index (χ0n) is 8.98. The number of Topliss-reactive ketones (excluding diaryl/α,β-unsaturated/α-hetero) is 1. The molecule has 0 rings (SSSR count). The van der Waals surface area contributed by atoms with Crippen molar-refractivity contribution < 1.29 is 4.79 Å². The fourth-order valence-electron chi connectivity index (χ4n) is 0.893. The molecule has 0 aliphatic rings. The van der Waals surface area contributed by atoms with Crippen LogP contribution in [0, 0.1) is 0 Å². The predicted octanol–water partition coefficient (Wildman–Crippen LogP) is 2.09. The summed E-state index contributed by atoms with van der Waals surface area (Å²) >= 11 is 0. The van der Waals surface area contributed by atoms with Crippen LogP contribution in [0.1, 0.15) is 40.0 Å². The van der Waals surface area contributed by atoms with Gasteiger partial charge in [0.2, 0.25) is 0 Å². The zero-order valence-corrected chi connectivity index (χ0v) is 8.98. The number of rotatable bonds is 5. The van der Waals surface area contributed by atoms with Crippen LogP contribution in [0.2, 0.25) is 0 Å². The van der Waals surface area contributed by atoms with E-state index in [4.69, 9.17) is 0 Å². The van der Waals surface area contributed by atoms with Gasteiger partial charge in [-0.1, -0.05) is 13.3 Å². The normalized spacial score (nSPS) is 12.2. The van der Waals surface area contributed by atoms with E-state index in [0.717, 1.165) is 12.8 Å². The van der Waals surface area contributed by atoms with Gasteiger partial charge in [-0.2, -0.15) is 0 Å². The maximum absolute atomic E-state index is 11.6. The highest BCUT2D eigenvalue weighted by molar-refractivity contribution is 5.87. The molecule has 0 aromatic heterocycles. The second-order valence-corrected chi connectivity index (χ2v) is 3.98. The van der Waals surface area contributed by atoms with Gasteiger partial charge in [0.15, 0.2) is 5.78 Å². The second kappa shape index (κ2) is 4.61. The molecule has 0 heterocycles. The number of hydrogen-bond donors (Lipinski definition) is 0. The highest BCUT2D eigenvalue weighted by Crippen LogP contribution is 2.15. The summed E-state index contributed by atoms with van der Waals surface area (Å²) < 4.78 is 0. The van der Waals surface area contributed by atoms with E-state index in [1.807, 2.05) is 32.8 Å². The van der Waals surface area contributed by atoms with Crippen molar-refractivity contribution in [3.63, 3.8) is 0 Å². The molecule has 0 atom stereocenters. The largest absolute Gasteiger partial charge is 0.298 e. The van der Waals surface area contributed by atoms with E-state index in [1.54, 1.807) is 0 Å². The Morgan fingerprint density at radius 3 is 2.17 bits per heavy atom. The molecule has 0 aromatic rings. The van der Waals surface area contributed by atoms with Crippen molar-refractivity contribution in [2.24, 2.45) is 0 Å². The highest BCUT2D eigenvalue weighted by atomic mass is 16.1. The molecule has 0 fully saturated rings. The molecule has 0 aliphatic carbocycles. The number of ketones is 1. The molecular weight excluding hydrogens is 150 g/mol. The average Bonchev–Trinajstić information content (AvgIpc) is 1.99. The van der Waals surface area contributed by atoms with Gasteiger partial charge in [-0.3, -0.25) is 9.69 Å². The lowest BCUT2D eigenvalue weighted by molar-refractivity contribution is -0.128. The molecule has 0 saturated carbocycles. The van der Waals surface area contributed by atoms with Crippen molar-refractivity contribution in [2.45, 2.75) is 45.6 Å². The van der Waals surface area contributed by atoms with Crippen LogP contribution >= 0.6 is 0 Å². The Morgan fingerprint density at radius 1 is 1.33 bits per heavy atom. The van der Waals surface area contributed by atoms with Crippen molar-refractivity contribution in [3.05, 3.63) is 0 Å². The first-order chi connectivity index (χ1) is 5.42. The van der Waals surface area contributed by atoms with Crippen LogP contribution in [0.25, 0.3) is 0 Å². The summed E-state index contributed by atoms with van der Waals surface area (Å²) in [5, 5.41) is 0. The van der Waals surface area contributed by atoms with Gasteiger partial charge in [-0.25, -0.2) is 0 Å². The molecule has 2 nitrogen and oxygen atoms in total. The second-order valence-electron chi connectivity index (χ2n) is 3.98. The Hall–Kier alpha value is -0.370. The Bertz CT molecular complexity index is 150. The molecule has 0 bridgehead atoms. The Morgan fingerprint density at radius 2 is 1.83 bits per heavy atom. The molecule has 0 unspecified atom stereocenters. The van der Waals surface area contributed by atoms with Crippen LogP contribution in [0.3, 0.4) is 0 Å². The average molecular weight is 171 g/mol. The van der Waals surface area contributed by atoms with Crippen molar-refractivity contribution >= 4 is 5.78 Å². The van der Waals surface area contributed by atoms with Gasteiger partial charge in [-0.05, 0) is 34.4 Å². The molecule has 2 heteroatoms. The van der Waals surface area contributed by atoms with Crippen molar-refractivity contribution in [1.29, 1.82) is 0 Å². The molecule has 72 valence electrons. The number of nitrogens with zero attached hydrogens (tertiary/aromatic N) is 1. The van der Waals surface area contributed by atoms with Crippen molar-refractivity contribution in [1.82, 2.24) is 4.90 Å². The molecule has 0 aliphatic heterocycles. The van der Waals surface area contributed by atoms with Crippen LogP contribution in [0.5, 0.6) is 0 Å². The maximum atomic E-state index is 11.6. The number of likely N-dealkylation sites (N-methyl/N-ethyl adjacent to an activating group) is 1. The third-order valence-corrected chi connectivity index (χ3v) is 2.56. The molecule has 0 saturated heterocycles. The minimum absolute atomic E-state index is 0.296. The Kier molecular flexibility index (Phi) is 4.46. The van der Waals surface area contributed by atoms with Gasteiger partial charge < -0.3 is 0 Å². The van der Waals surface area contributed by atoms with E-state index in [0.29, 0.717) is 12.2 Å². The van der Waals surface area contributed by atoms with Crippen LogP contribution in [-0.2, 0) is 4.79 Å². The fraction of sp³-hybridized carbons (Fsp3) is 0.900. The van der Waals surface area contributed by atoms with Gasteiger partial charge in [-0.15, -0.1) is 0 Å². The van der Waals surface area contributed by atoms with Crippen LogP contribution in [0.15, 0.2) is 0 Å². The Balaban J connectivity index is 4.07. The quantitative estimate of drug-likeness (QED) is 0.631. The third kappa shape index (κ3) is 2.94. The number of carbonyl (C=O) groups excluding carboxylic acids is 1. The molecule has 12 heavy (non-hydrogen) atoms. The smallest absolute Gasteiger partial charge is 0.152 e. The topological polar surface area (TPSA) is 20.3 Å². The molecule has 0 aromatic carbocycles.